The molecule has 0 spiro atoms. The van der Waals surface area contributed by atoms with E-state index in [2.05, 4.69) is 24.1 Å². The van der Waals surface area contributed by atoms with Gasteiger partial charge in [0.05, 0.1) is 14.2 Å². The molecule has 0 bridgehead atoms. The van der Waals surface area contributed by atoms with Gasteiger partial charge >= 0.3 is 0 Å². The summed E-state index contributed by atoms with van der Waals surface area (Å²) < 4.78 is 11.0. The van der Waals surface area contributed by atoms with Crippen LogP contribution in [0.3, 0.4) is 0 Å². The van der Waals surface area contributed by atoms with E-state index in [-0.39, 0.29) is 0 Å². The summed E-state index contributed by atoms with van der Waals surface area (Å²) in [6, 6.07) is 4.05. The standard InChI is InChI=1S/C23H31N3O2/c1-16-11-19(27-2)12-22(28-3)20(16)15-26-10-9-21-18(14-26)13-24-23(25-21)17-7-5-4-6-8-17/h11-13,17H,4-10,14-15H2,1-3H3. The third kappa shape index (κ3) is 4.00. The summed E-state index contributed by atoms with van der Waals surface area (Å²) >= 11 is 0. The third-order valence-electron chi connectivity index (χ3n) is 6.24. The van der Waals surface area contributed by atoms with Gasteiger partial charge in [0.1, 0.15) is 17.3 Å². The van der Waals surface area contributed by atoms with Gasteiger partial charge in [-0.1, -0.05) is 19.3 Å². The second-order valence-corrected chi connectivity index (χ2v) is 8.12. The van der Waals surface area contributed by atoms with Gasteiger partial charge in [0.15, 0.2) is 0 Å². The van der Waals surface area contributed by atoms with Gasteiger partial charge in [-0.3, -0.25) is 4.90 Å². The van der Waals surface area contributed by atoms with E-state index in [0.717, 1.165) is 43.4 Å². The minimum Gasteiger partial charge on any atom is -0.497 e. The fourth-order valence-electron chi connectivity index (χ4n) is 4.56. The van der Waals surface area contributed by atoms with Crippen LogP contribution in [0.4, 0.5) is 0 Å². The number of nitrogens with zero attached hydrogens (tertiary/aromatic N) is 3. The first-order chi connectivity index (χ1) is 13.7. The Bertz CT molecular complexity index is 831. The summed E-state index contributed by atoms with van der Waals surface area (Å²) in [4.78, 5) is 12.2. The van der Waals surface area contributed by atoms with Crippen molar-refractivity contribution in [1.82, 2.24) is 14.9 Å². The summed E-state index contributed by atoms with van der Waals surface area (Å²) in [7, 11) is 3.42. The zero-order valence-corrected chi connectivity index (χ0v) is 17.3. The smallest absolute Gasteiger partial charge is 0.131 e. The van der Waals surface area contributed by atoms with Crippen LogP contribution in [0.1, 0.15) is 66.2 Å². The molecule has 0 radical (unpaired) electrons. The Morgan fingerprint density at radius 3 is 2.68 bits per heavy atom. The number of hydrogen-bond acceptors (Lipinski definition) is 5. The molecule has 0 amide bonds. The maximum Gasteiger partial charge on any atom is 0.131 e. The lowest BCUT2D eigenvalue weighted by molar-refractivity contribution is 0.237. The Balaban J connectivity index is 1.49. The number of aryl methyl sites for hydroxylation is 1. The molecule has 1 fully saturated rings. The van der Waals surface area contributed by atoms with Crippen LogP contribution in [-0.4, -0.2) is 35.6 Å². The summed E-state index contributed by atoms with van der Waals surface area (Å²) in [5.41, 5.74) is 4.96. The van der Waals surface area contributed by atoms with E-state index < -0.39 is 0 Å². The lowest BCUT2D eigenvalue weighted by Gasteiger charge is -2.30. The lowest BCUT2D eigenvalue weighted by atomic mass is 9.88. The maximum absolute atomic E-state index is 5.63. The van der Waals surface area contributed by atoms with Crippen LogP contribution >= 0.6 is 0 Å². The minimum atomic E-state index is 0.572. The normalized spacial score (nSPS) is 18.0. The van der Waals surface area contributed by atoms with E-state index in [4.69, 9.17) is 19.4 Å². The van der Waals surface area contributed by atoms with Crippen LogP contribution in [0.25, 0.3) is 0 Å². The molecule has 1 aromatic carbocycles. The molecule has 0 saturated heterocycles. The van der Waals surface area contributed by atoms with E-state index in [1.165, 1.54) is 54.5 Å². The molecule has 4 rings (SSSR count). The molecular formula is C23H31N3O2. The molecule has 1 aliphatic heterocycles. The molecule has 150 valence electrons. The largest absolute Gasteiger partial charge is 0.497 e. The molecule has 0 N–H and O–H groups in total. The van der Waals surface area contributed by atoms with Crippen LogP contribution in [-0.2, 0) is 19.5 Å². The Hall–Kier alpha value is -2.14. The van der Waals surface area contributed by atoms with Gasteiger partial charge in [-0.25, -0.2) is 9.97 Å². The van der Waals surface area contributed by atoms with E-state index in [1.54, 1.807) is 14.2 Å². The summed E-state index contributed by atoms with van der Waals surface area (Å²) in [6.07, 6.45) is 9.59. The topological polar surface area (TPSA) is 47.5 Å². The van der Waals surface area contributed by atoms with Crippen molar-refractivity contribution in [1.29, 1.82) is 0 Å². The summed E-state index contributed by atoms with van der Waals surface area (Å²) in [5, 5.41) is 0. The van der Waals surface area contributed by atoms with Gasteiger partial charge in [0, 0.05) is 61.1 Å². The number of rotatable bonds is 5. The van der Waals surface area contributed by atoms with Crippen molar-refractivity contribution in [3.05, 3.63) is 46.5 Å². The van der Waals surface area contributed by atoms with E-state index in [0.29, 0.717) is 5.92 Å². The average Bonchev–Trinajstić information content (AvgIpc) is 2.75. The Kier molecular flexibility index (Phi) is 5.81. The molecule has 0 unspecified atom stereocenters. The van der Waals surface area contributed by atoms with E-state index in [9.17, 15) is 0 Å². The fraction of sp³-hybridized carbons (Fsp3) is 0.565. The molecule has 2 aliphatic rings. The van der Waals surface area contributed by atoms with Crippen LogP contribution in [0.2, 0.25) is 0 Å². The van der Waals surface area contributed by atoms with Gasteiger partial charge in [-0.05, 0) is 31.4 Å². The Morgan fingerprint density at radius 1 is 1.11 bits per heavy atom. The van der Waals surface area contributed by atoms with Crippen LogP contribution in [0.15, 0.2) is 18.3 Å². The number of hydrogen-bond donors (Lipinski definition) is 0. The van der Waals surface area contributed by atoms with Crippen molar-refractivity contribution in [2.75, 3.05) is 20.8 Å². The van der Waals surface area contributed by atoms with Gasteiger partial charge in [0.2, 0.25) is 0 Å². The maximum atomic E-state index is 5.63. The van der Waals surface area contributed by atoms with Gasteiger partial charge < -0.3 is 9.47 Å². The number of fused-ring (bicyclic) bond motifs is 1. The summed E-state index contributed by atoms with van der Waals surface area (Å²) in [6.45, 7) is 4.90. The minimum absolute atomic E-state index is 0.572. The fourth-order valence-corrected chi connectivity index (χ4v) is 4.56. The van der Waals surface area contributed by atoms with Gasteiger partial charge in [-0.15, -0.1) is 0 Å². The van der Waals surface area contributed by atoms with Crippen molar-refractivity contribution in [2.45, 2.75) is 64.5 Å². The van der Waals surface area contributed by atoms with Crippen molar-refractivity contribution in [2.24, 2.45) is 0 Å². The number of methoxy groups -OCH3 is 2. The predicted octanol–water partition coefficient (Wildman–Crippen LogP) is 4.41. The molecule has 28 heavy (non-hydrogen) atoms. The average molecular weight is 382 g/mol. The number of benzene rings is 1. The van der Waals surface area contributed by atoms with Crippen molar-refractivity contribution in [3.63, 3.8) is 0 Å². The molecule has 1 aliphatic carbocycles. The molecule has 2 heterocycles. The highest BCUT2D eigenvalue weighted by Crippen LogP contribution is 2.33. The molecule has 0 atom stereocenters. The molecule has 5 nitrogen and oxygen atoms in total. The SMILES string of the molecule is COc1cc(C)c(CN2CCc3nc(C4CCCCC4)ncc3C2)c(OC)c1. The Labute approximate surface area is 168 Å². The van der Waals surface area contributed by atoms with Gasteiger partial charge in [0.25, 0.3) is 0 Å². The molecular weight excluding hydrogens is 350 g/mol. The zero-order valence-electron chi connectivity index (χ0n) is 17.3. The van der Waals surface area contributed by atoms with Gasteiger partial charge in [-0.2, -0.15) is 0 Å². The highest BCUT2D eigenvalue weighted by atomic mass is 16.5. The quantitative estimate of drug-likeness (QED) is 0.768. The van der Waals surface area contributed by atoms with Crippen LogP contribution < -0.4 is 9.47 Å². The highest BCUT2D eigenvalue weighted by molar-refractivity contribution is 5.46. The number of ether oxygens (including phenoxy) is 2. The van der Waals surface area contributed by atoms with Crippen molar-refractivity contribution >= 4 is 0 Å². The summed E-state index contributed by atoms with van der Waals surface area (Å²) in [5.74, 6) is 3.39. The molecule has 1 saturated carbocycles. The highest BCUT2D eigenvalue weighted by Gasteiger charge is 2.23. The molecule has 5 heteroatoms. The van der Waals surface area contributed by atoms with Crippen LogP contribution in [0.5, 0.6) is 11.5 Å². The molecule has 2 aromatic rings. The monoisotopic (exact) mass is 381 g/mol. The van der Waals surface area contributed by atoms with Crippen molar-refractivity contribution in [3.8, 4) is 11.5 Å². The first kappa shape index (κ1) is 19.2. The lowest BCUT2D eigenvalue weighted by Crippen LogP contribution is -2.31. The second-order valence-electron chi connectivity index (χ2n) is 8.12. The predicted molar refractivity (Wildman–Crippen MR) is 110 cm³/mol. The first-order valence-electron chi connectivity index (χ1n) is 10.5. The van der Waals surface area contributed by atoms with Crippen molar-refractivity contribution < 1.29 is 9.47 Å². The second kappa shape index (κ2) is 8.48. The van der Waals surface area contributed by atoms with E-state index in [1.807, 2.05) is 6.07 Å². The first-order valence-corrected chi connectivity index (χ1v) is 10.5. The third-order valence-corrected chi connectivity index (χ3v) is 6.24. The molecule has 1 aromatic heterocycles. The van der Waals surface area contributed by atoms with Crippen LogP contribution in [0, 0.1) is 6.92 Å². The Morgan fingerprint density at radius 2 is 1.93 bits per heavy atom. The van der Waals surface area contributed by atoms with E-state index >= 15 is 0 Å². The number of aromatic nitrogens is 2. The zero-order chi connectivity index (χ0) is 19.5.